The van der Waals surface area contributed by atoms with Crippen LogP contribution >= 0.6 is 0 Å². The lowest BCUT2D eigenvalue weighted by Gasteiger charge is -2.30. The SMILES string of the molecule is Cc1c2c(nn(OC(=O)C(F)(F)F)[n+]1=O)COc1cc(C3CC3)c(OC3CNC3)cc1-2. The first-order chi connectivity index (χ1) is 14.7. The summed E-state index contributed by atoms with van der Waals surface area (Å²) in [6.07, 6.45) is -3.11. The molecule has 2 aromatic rings. The molecule has 0 bridgehead atoms. The molecule has 1 saturated heterocycles. The van der Waals surface area contributed by atoms with Gasteiger partial charge in [0.2, 0.25) is 10.7 Å². The van der Waals surface area contributed by atoms with E-state index in [4.69, 9.17) is 9.47 Å². The molecular formula is C19H18F3N4O5+. The van der Waals surface area contributed by atoms with E-state index in [2.05, 4.69) is 15.3 Å². The predicted octanol–water partition coefficient (Wildman–Crippen LogP) is 1.41. The second kappa shape index (κ2) is 6.94. The number of halogens is 3. The fourth-order valence-electron chi connectivity index (χ4n) is 3.64. The molecule has 12 heteroatoms. The van der Waals surface area contributed by atoms with Crippen LogP contribution in [0.4, 0.5) is 13.2 Å². The van der Waals surface area contributed by atoms with Crippen molar-refractivity contribution < 1.29 is 36.8 Å². The standard InChI is InChI=1S/C19H18F3N4O5/c1-9-17-13-5-16(30-11-6-23-7-11)12(10-2-3-10)4-15(13)29-8-14(17)24-26(25(9)28)31-18(27)19(20,21)22/h4-5,10-11,23H,2-3,6-8H2,1H3/q+1. The first-order valence-corrected chi connectivity index (χ1v) is 9.76. The van der Waals surface area contributed by atoms with Gasteiger partial charge in [0.25, 0.3) is 0 Å². The quantitative estimate of drug-likeness (QED) is 0.720. The van der Waals surface area contributed by atoms with Crippen LogP contribution in [0.3, 0.4) is 0 Å². The van der Waals surface area contributed by atoms with Gasteiger partial charge >= 0.3 is 12.1 Å². The van der Waals surface area contributed by atoms with Crippen molar-refractivity contribution in [2.75, 3.05) is 13.1 Å². The van der Waals surface area contributed by atoms with Crippen molar-refractivity contribution in [2.24, 2.45) is 0 Å². The van der Waals surface area contributed by atoms with Crippen molar-refractivity contribution >= 4 is 5.97 Å². The van der Waals surface area contributed by atoms with Crippen molar-refractivity contribution in [3.8, 4) is 22.6 Å². The lowest BCUT2D eigenvalue weighted by Crippen LogP contribution is -2.50. The topological polar surface area (TPSA) is 97.6 Å². The summed E-state index contributed by atoms with van der Waals surface area (Å²) in [5.41, 5.74) is 2.19. The first kappa shape index (κ1) is 19.8. The van der Waals surface area contributed by atoms with Crippen LogP contribution in [0.15, 0.2) is 12.1 Å². The molecule has 1 aliphatic carbocycles. The Morgan fingerprint density at radius 3 is 2.68 bits per heavy atom. The van der Waals surface area contributed by atoms with Gasteiger partial charge in [-0.05, 0) is 35.8 Å². The van der Waals surface area contributed by atoms with Crippen LogP contribution < -0.4 is 24.2 Å². The molecule has 1 saturated carbocycles. The van der Waals surface area contributed by atoms with Crippen LogP contribution in [0.5, 0.6) is 11.5 Å². The summed E-state index contributed by atoms with van der Waals surface area (Å²) < 4.78 is 49.5. The van der Waals surface area contributed by atoms with Gasteiger partial charge in [-0.15, -0.1) is 0 Å². The zero-order valence-corrected chi connectivity index (χ0v) is 16.4. The number of ether oxygens (including phenoxy) is 2. The van der Waals surface area contributed by atoms with Gasteiger partial charge in [0.15, 0.2) is 12.3 Å². The number of carbonyl (C=O) groups excluding carboxylic acids is 1. The van der Waals surface area contributed by atoms with Crippen LogP contribution in [-0.2, 0) is 11.4 Å². The van der Waals surface area contributed by atoms with Gasteiger partial charge in [0.1, 0.15) is 22.1 Å². The zero-order valence-electron chi connectivity index (χ0n) is 16.4. The number of carbonyl (C=O) groups is 1. The number of hydrogen-bond donors (Lipinski definition) is 1. The summed E-state index contributed by atoms with van der Waals surface area (Å²) >= 11 is 0. The third-order valence-corrected chi connectivity index (χ3v) is 5.50. The molecule has 0 spiro atoms. The maximum absolute atomic E-state index is 12.5. The minimum Gasteiger partial charge on any atom is -0.487 e. The van der Waals surface area contributed by atoms with Crippen LogP contribution in [-0.4, -0.2) is 41.4 Å². The average Bonchev–Trinajstić information content (AvgIpc) is 3.52. The van der Waals surface area contributed by atoms with Gasteiger partial charge in [0, 0.05) is 31.1 Å². The van der Waals surface area contributed by atoms with Crippen molar-refractivity contribution in [1.82, 2.24) is 15.4 Å². The Morgan fingerprint density at radius 2 is 2.06 bits per heavy atom. The number of benzene rings is 1. The van der Waals surface area contributed by atoms with E-state index in [0.29, 0.717) is 28.5 Å². The van der Waals surface area contributed by atoms with Crippen LogP contribution in [0.1, 0.15) is 35.7 Å². The van der Waals surface area contributed by atoms with Gasteiger partial charge in [0.05, 0.1) is 10.7 Å². The van der Waals surface area contributed by atoms with Crippen LogP contribution in [0.25, 0.3) is 11.1 Å². The monoisotopic (exact) mass is 439 g/mol. The number of nitrogens with one attached hydrogen (secondary N) is 1. The van der Waals surface area contributed by atoms with Crippen molar-refractivity contribution in [1.29, 1.82) is 0 Å². The maximum Gasteiger partial charge on any atom is 0.493 e. The van der Waals surface area contributed by atoms with Crippen LogP contribution in [0.2, 0.25) is 0 Å². The van der Waals surface area contributed by atoms with E-state index in [9.17, 15) is 22.9 Å². The summed E-state index contributed by atoms with van der Waals surface area (Å²) in [5.74, 6) is -0.920. The Morgan fingerprint density at radius 1 is 1.32 bits per heavy atom. The Kier molecular flexibility index (Phi) is 4.43. The average molecular weight is 439 g/mol. The minimum absolute atomic E-state index is 0.00273. The molecule has 1 aromatic carbocycles. The smallest absolute Gasteiger partial charge is 0.487 e. The maximum atomic E-state index is 12.5. The number of rotatable bonds is 4. The largest absolute Gasteiger partial charge is 0.493 e. The highest BCUT2D eigenvalue weighted by atomic mass is 19.4. The highest BCUT2D eigenvalue weighted by Gasteiger charge is 2.44. The Hall–Kier alpha value is -3.15. The van der Waals surface area contributed by atoms with E-state index < -0.39 is 12.1 Å². The molecule has 0 unspecified atom stereocenters. The molecule has 1 N–H and O–H groups in total. The van der Waals surface area contributed by atoms with E-state index in [1.165, 1.54) is 6.92 Å². The number of nitrogens with zero attached hydrogens (tertiary/aromatic N) is 3. The Labute approximate surface area is 173 Å². The van der Waals surface area contributed by atoms with E-state index >= 15 is 0 Å². The van der Waals surface area contributed by atoms with Crippen molar-refractivity contribution in [3.05, 3.63) is 34.0 Å². The third kappa shape index (κ3) is 3.50. The van der Waals surface area contributed by atoms with Crippen LogP contribution in [0, 0.1) is 11.8 Å². The lowest BCUT2D eigenvalue weighted by atomic mass is 9.96. The van der Waals surface area contributed by atoms with Gasteiger partial charge in [-0.2, -0.15) is 13.2 Å². The second-order valence-electron chi connectivity index (χ2n) is 7.76. The molecule has 2 aliphatic heterocycles. The molecule has 9 nitrogen and oxygen atoms in total. The molecule has 3 heterocycles. The number of aromatic nitrogens is 3. The number of hydrogen-bond acceptors (Lipinski definition) is 7. The summed E-state index contributed by atoms with van der Waals surface area (Å²) in [7, 11) is 0. The van der Waals surface area contributed by atoms with Gasteiger partial charge < -0.3 is 14.8 Å². The molecule has 0 amide bonds. The summed E-state index contributed by atoms with van der Waals surface area (Å²) in [5, 5.41) is 6.91. The van der Waals surface area contributed by atoms with Crippen molar-refractivity contribution in [3.63, 3.8) is 0 Å². The number of alkyl halides is 3. The normalized spacial score (nSPS) is 17.8. The fraction of sp³-hybridized carbons (Fsp3) is 0.474. The van der Waals surface area contributed by atoms with E-state index in [-0.39, 0.29) is 33.6 Å². The summed E-state index contributed by atoms with van der Waals surface area (Å²) in [6.45, 7) is 2.79. The molecular weight excluding hydrogens is 421 g/mol. The summed E-state index contributed by atoms with van der Waals surface area (Å²) in [6, 6.07) is 3.69. The van der Waals surface area contributed by atoms with E-state index in [1.807, 2.05) is 6.07 Å². The summed E-state index contributed by atoms with van der Waals surface area (Å²) in [4.78, 5) is 27.7. The molecule has 2 fully saturated rings. The molecule has 1 aromatic heterocycles. The van der Waals surface area contributed by atoms with Gasteiger partial charge in [-0.25, -0.2) is 4.79 Å². The first-order valence-electron chi connectivity index (χ1n) is 9.76. The highest BCUT2D eigenvalue weighted by Crippen LogP contribution is 2.50. The molecule has 0 radical (unpaired) electrons. The second-order valence-corrected chi connectivity index (χ2v) is 7.76. The molecule has 164 valence electrons. The molecule has 0 atom stereocenters. The minimum atomic E-state index is -5.27. The third-order valence-electron chi connectivity index (χ3n) is 5.50. The fourth-order valence-corrected chi connectivity index (χ4v) is 3.64. The van der Waals surface area contributed by atoms with E-state index in [0.717, 1.165) is 31.5 Å². The van der Waals surface area contributed by atoms with Gasteiger partial charge in [-0.1, -0.05) is 0 Å². The lowest BCUT2D eigenvalue weighted by molar-refractivity contribution is -0.646. The predicted molar refractivity (Wildman–Crippen MR) is 97.0 cm³/mol. The van der Waals surface area contributed by atoms with Crippen molar-refractivity contribution in [2.45, 2.75) is 44.6 Å². The molecule has 3 aliphatic rings. The zero-order chi connectivity index (χ0) is 21.9. The molecule has 5 rings (SSSR count). The Balaban J connectivity index is 1.57. The van der Waals surface area contributed by atoms with E-state index in [1.54, 1.807) is 6.07 Å². The molecule has 31 heavy (non-hydrogen) atoms. The highest BCUT2D eigenvalue weighted by molar-refractivity contribution is 5.78. The van der Waals surface area contributed by atoms with Gasteiger partial charge in [-0.3, -0.25) is 4.84 Å². The number of fused-ring (bicyclic) bond motifs is 3. The Bertz CT molecular complexity index is 1140.